The molecule has 2 aliphatic heterocycles. The Labute approximate surface area is 213 Å². The van der Waals surface area contributed by atoms with Crippen molar-refractivity contribution < 1.29 is 23.1 Å². The minimum atomic E-state index is -1.19. The molecule has 6 nitrogen and oxygen atoms in total. The fourth-order valence-electron chi connectivity index (χ4n) is 5.74. The number of nitrogens with one attached hydrogen (secondary N) is 1. The van der Waals surface area contributed by atoms with Crippen molar-refractivity contribution in [2.45, 2.75) is 12.1 Å². The van der Waals surface area contributed by atoms with E-state index < -0.39 is 23.3 Å². The number of urea groups is 1. The van der Waals surface area contributed by atoms with Gasteiger partial charge in [0.15, 0.2) is 0 Å². The second kappa shape index (κ2) is 9.81. The molecule has 5 rings (SSSR count). The number of rotatable bonds is 4. The van der Waals surface area contributed by atoms with Crippen molar-refractivity contribution in [3.05, 3.63) is 89.2 Å². The predicted octanol–water partition coefficient (Wildman–Crippen LogP) is 4.14. The van der Waals surface area contributed by atoms with Crippen LogP contribution in [0.2, 0.25) is 0 Å². The maximum atomic E-state index is 14.6. The number of fused-ring (bicyclic) bond motifs is 2. The standard InChI is InChI=1S/C28H29F3N4O2/c1-34-13-20-15-35(27(36)33-24-10-22(29)9-23(30)11-24)16-21(14-34)28(20,37)19-5-3-18(4-6-19)25-7-2-17(12-32)8-26(25)31/h2-11,20-21,37H,12-16,32H2,1H3,(H,33,36). The van der Waals surface area contributed by atoms with E-state index in [-0.39, 0.29) is 43.0 Å². The second-order valence-corrected chi connectivity index (χ2v) is 10.0. The summed E-state index contributed by atoms with van der Waals surface area (Å²) in [7, 11) is 1.97. The Morgan fingerprint density at radius 3 is 2.16 bits per heavy atom. The molecule has 0 saturated carbocycles. The third-order valence-electron chi connectivity index (χ3n) is 7.52. The zero-order chi connectivity index (χ0) is 26.3. The number of aliphatic hydroxyl groups is 1. The predicted molar refractivity (Wildman–Crippen MR) is 135 cm³/mol. The summed E-state index contributed by atoms with van der Waals surface area (Å²) in [6.45, 7) is 1.90. The summed E-state index contributed by atoms with van der Waals surface area (Å²) in [5.41, 5.74) is 7.02. The second-order valence-electron chi connectivity index (χ2n) is 10.0. The van der Waals surface area contributed by atoms with Crippen molar-refractivity contribution in [3.63, 3.8) is 0 Å². The molecule has 0 radical (unpaired) electrons. The maximum Gasteiger partial charge on any atom is 0.321 e. The number of amides is 2. The highest BCUT2D eigenvalue weighted by Gasteiger charge is 2.53. The summed E-state index contributed by atoms with van der Waals surface area (Å²) in [6.07, 6.45) is 0. The third-order valence-corrected chi connectivity index (χ3v) is 7.52. The molecule has 2 fully saturated rings. The van der Waals surface area contributed by atoms with E-state index in [9.17, 15) is 23.1 Å². The maximum absolute atomic E-state index is 14.6. The summed E-state index contributed by atoms with van der Waals surface area (Å²) in [5, 5.41) is 14.6. The monoisotopic (exact) mass is 510 g/mol. The lowest BCUT2D eigenvalue weighted by atomic mass is 9.66. The summed E-state index contributed by atoms with van der Waals surface area (Å²) in [6, 6.07) is 14.5. The van der Waals surface area contributed by atoms with Gasteiger partial charge in [-0.25, -0.2) is 18.0 Å². The average Bonchev–Trinajstić information content (AvgIpc) is 2.84. The van der Waals surface area contributed by atoms with E-state index >= 15 is 0 Å². The molecule has 9 heteroatoms. The van der Waals surface area contributed by atoms with Crippen LogP contribution in [-0.2, 0) is 12.1 Å². The molecule has 0 aliphatic carbocycles. The van der Waals surface area contributed by atoms with Crippen LogP contribution < -0.4 is 11.1 Å². The zero-order valence-electron chi connectivity index (χ0n) is 20.4. The lowest BCUT2D eigenvalue weighted by molar-refractivity contribution is -0.153. The third kappa shape index (κ3) is 4.82. The molecule has 2 heterocycles. The van der Waals surface area contributed by atoms with Crippen LogP contribution in [0.5, 0.6) is 0 Å². The molecule has 37 heavy (non-hydrogen) atoms. The van der Waals surface area contributed by atoms with Gasteiger partial charge in [0, 0.05) is 61.9 Å². The van der Waals surface area contributed by atoms with Crippen molar-refractivity contribution in [2.24, 2.45) is 17.6 Å². The Balaban J connectivity index is 1.37. The van der Waals surface area contributed by atoms with E-state index in [4.69, 9.17) is 5.73 Å². The highest BCUT2D eigenvalue weighted by molar-refractivity contribution is 5.89. The van der Waals surface area contributed by atoms with E-state index in [2.05, 4.69) is 10.2 Å². The van der Waals surface area contributed by atoms with Gasteiger partial charge in [0.25, 0.3) is 0 Å². The largest absolute Gasteiger partial charge is 0.384 e. The molecule has 4 N–H and O–H groups in total. The van der Waals surface area contributed by atoms with Gasteiger partial charge in [-0.3, -0.25) is 0 Å². The number of hydrogen-bond acceptors (Lipinski definition) is 4. The fraction of sp³-hybridized carbons (Fsp3) is 0.321. The van der Waals surface area contributed by atoms with Gasteiger partial charge in [0.1, 0.15) is 23.1 Å². The van der Waals surface area contributed by atoms with Crippen molar-refractivity contribution in [1.29, 1.82) is 0 Å². The fourth-order valence-corrected chi connectivity index (χ4v) is 5.74. The van der Waals surface area contributed by atoms with Crippen LogP contribution in [0.25, 0.3) is 11.1 Å². The number of nitrogens with zero attached hydrogens (tertiary/aromatic N) is 2. The number of carbonyl (C=O) groups is 1. The number of anilines is 1. The first kappa shape index (κ1) is 25.3. The van der Waals surface area contributed by atoms with Gasteiger partial charge in [-0.15, -0.1) is 0 Å². The van der Waals surface area contributed by atoms with Crippen LogP contribution in [0.1, 0.15) is 11.1 Å². The molecule has 0 aromatic heterocycles. The molecular formula is C28H29F3N4O2. The van der Waals surface area contributed by atoms with E-state index in [1.807, 2.05) is 19.2 Å². The van der Waals surface area contributed by atoms with Crippen molar-refractivity contribution >= 4 is 11.7 Å². The number of piperidine rings is 2. The SMILES string of the molecule is CN1CC2CN(C(=O)Nc3cc(F)cc(F)c3)CC(C1)C2(O)c1ccc(-c2ccc(CN)cc2F)cc1. The summed E-state index contributed by atoms with van der Waals surface area (Å²) in [4.78, 5) is 16.7. The molecule has 2 atom stereocenters. The molecule has 194 valence electrons. The highest BCUT2D eigenvalue weighted by atomic mass is 19.1. The smallest absolute Gasteiger partial charge is 0.321 e. The Bertz CT molecular complexity index is 1280. The number of benzene rings is 3. The molecule has 2 saturated heterocycles. The number of nitrogens with two attached hydrogens (primary N) is 1. The average molecular weight is 511 g/mol. The molecule has 2 aliphatic rings. The van der Waals surface area contributed by atoms with Crippen LogP contribution in [0.4, 0.5) is 23.7 Å². The topological polar surface area (TPSA) is 81.8 Å². The van der Waals surface area contributed by atoms with Crippen LogP contribution >= 0.6 is 0 Å². The van der Waals surface area contributed by atoms with Crippen LogP contribution in [0.3, 0.4) is 0 Å². The Morgan fingerprint density at radius 2 is 1.59 bits per heavy atom. The minimum Gasteiger partial charge on any atom is -0.384 e. The van der Waals surface area contributed by atoms with Crippen LogP contribution in [0.15, 0.2) is 60.7 Å². The van der Waals surface area contributed by atoms with E-state index in [0.717, 1.165) is 18.2 Å². The first-order valence-electron chi connectivity index (χ1n) is 12.2. The van der Waals surface area contributed by atoms with Gasteiger partial charge in [0.05, 0.1) is 0 Å². The molecule has 3 aromatic carbocycles. The van der Waals surface area contributed by atoms with Crippen LogP contribution in [-0.4, -0.2) is 54.2 Å². The number of carbonyl (C=O) groups excluding carboxylic acids is 1. The van der Waals surface area contributed by atoms with Crippen molar-refractivity contribution in [2.75, 3.05) is 38.5 Å². The molecule has 0 spiro atoms. The Kier molecular flexibility index (Phi) is 6.70. The van der Waals surface area contributed by atoms with Gasteiger partial charge in [0.2, 0.25) is 0 Å². The molecule has 3 aromatic rings. The first-order chi connectivity index (χ1) is 17.7. The number of halogens is 3. The highest BCUT2D eigenvalue weighted by Crippen LogP contribution is 2.45. The normalized spacial score (nSPS) is 23.7. The molecule has 2 bridgehead atoms. The van der Waals surface area contributed by atoms with Gasteiger partial charge in [-0.05, 0) is 41.9 Å². The van der Waals surface area contributed by atoms with Gasteiger partial charge < -0.3 is 26.0 Å². The van der Waals surface area contributed by atoms with Crippen molar-refractivity contribution in [3.8, 4) is 11.1 Å². The van der Waals surface area contributed by atoms with Gasteiger partial charge in [-0.2, -0.15) is 0 Å². The summed E-state index contributed by atoms with van der Waals surface area (Å²) in [5.74, 6) is -2.51. The zero-order valence-corrected chi connectivity index (χ0v) is 20.4. The summed E-state index contributed by atoms with van der Waals surface area (Å²) >= 11 is 0. The van der Waals surface area contributed by atoms with Gasteiger partial charge in [-0.1, -0.05) is 36.4 Å². The molecule has 2 amide bonds. The van der Waals surface area contributed by atoms with E-state index in [1.54, 1.807) is 29.2 Å². The van der Waals surface area contributed by atoms with E-state index in [1.165, 1.54) is 6.07 Å². The first-order valence-corrected chi connectivity index (χ1v) is 12.2. The Hall–Kier alpha value is -3.40. The lowest BCUT2D eigenvalue weighted by Crippen LogP contribution is -2.65. The number of hydrogen-bond donors (Lipinski definition) is 3. The van der Waals surface area contributed by atoms with Gasteiger partial charge >= 0.3 is 6.03 Å². The lowest BCUT2D eigenvalue weighted by Gasteiger charge is -2.55. The minimum absolute atomic E-state index is 0.0351. The molecule has 2 unspecified atom stereocenters. The van der Waals surface area contributed by atoms with Crippen molar-refractivity contribution in [1.82, 2.24) is 9.80 Å². The number of likely N-dealkylation sites (tertiary alicyclic amines) is 2. The Morgan fingerprint density at radius 1 is 0.973 bits per heavy atom. The molecular weight excluding hydrogens is 481 g/mol. The van der Waals surface area contributed by atoms with Crippen LogP contribution in [0, 0.1) is 29.3 Å². The summed E-state index contributed by atoms with van der Waals surface area (Å²) < 4.78 is 41.7. The van der Waals surface area contributed by atoms with E-state index in [0.29, 0.717) is 35.3 Å². The quantitative estimate of drug-likeness (QED) is 0.493.